The van der Waals surface area contributed by atoms with Crippen LogP contribution in [0.1, 0.15) is 23.7 Å². The predicted octanol–water partition coefficient (Wildman–Crippen LogP) is 4.08. The number of carbonyl (C=O) groups excluding carboxylic acids is 2. The second-order valence-corrected chi connectivity index (χ2v) is 6.33. The third-order valence-electron chi connectivity index (χ3n) is 3.48. The summed E-state index contributed by atoms with van der Waals surface area (Å²) in [5.41, 5.74) is 1.71. The summed E-state index contributed by atoms with van der Waals surface area (Å²) in [5, 5.41) is 5.59. The molecule has 2 amide bonds. The van der Waals surface area contributed by atoms with Crippen molar-refractivity contribution in [3.63, 3.8) is 0 Å². The Morgan fingerprint density at radius 1 is 1.00 bits per heavy atom. The molecule has 2 aromatic carbocycles. The van der Waals surface area contributed by atoms with E-state index in [2.05, 4.69) is 26.6 Å². The van der Waals surface area contributed by atoms with Gasteiger partial charge in [0.25, 0.3) is 5.91 Å². The number of ether oxygens (including phenoxy) is 2. The summed E-state index contributed by atoms with van der Waals surface area (Å²) >= 11 is 3.37. The molecule has 2 N–H and O–H groups in total. The first-order valence-corrected chi connectivity index (χ1v) is 8.95. The molecule has 2 rings (SSSR count). The minimum Gasteiger partial charge on any atom is -0.490 e. The van der Waals surface area contributed by atoms with Gasteiger partial charge in [0.05, 0.1) is 12.2 Å². The van der Waals surface area contributed by atoms with Crippen LogP contribution in [0, 0.1) is 0 Å². The summed E-state index contributed by atoms with van der Waals surface area (Å²) in [7, 11) is 1.59. The van der Waals surface area contributed by atoms with Crippen LogP contribution in [-0.2, 0) is 9.53 Å². The van der Waals surface area contributed by atoms with Crippen LogP contribution in [0.5, 0.6) is 5.75 Å². The summed E-state index contributed by atoms with van der Waals surface area (Å²) in [6.07, 6.45) is 0.410. The van der Waals surface area contributed by atoms with E-state index in [0.717, 1.165) is 4.47 Å². The van der Waals surface area contributed by atoms with E-state index in [-0.39, 0.29) is 11.8 Å². The van der Waals surface area contributed by atoms with Gasteiger partial charge in [0.1, 0.15) is 12.4 Å². The van der Waals surface area contributed by atoms with Gasteiger partial charge in [0, 0.05) is 29.4 Å². The zero-order chi connectivity index (χ0) is 18.9. The van der Waals surface area contributed by atoms with Crippen molar-refractivity contribution >= 4 is 39.1 Å². The number of benzene rings is 2. The molecule has 0 aliphatic rings. The molecule has 0 saturated heterocycles. The third-order valence-corrected chi connectivity index (χ3v) is 3.97. The molecule has 6 nitrogen and oxygen atoms in total. The van der Waals surface area contributed by atoms with Crippen molar-refractivity contribution in [2.24, 2.45) is 0 Å². The lowest BCUT2D eigenvalue weighted by atomic mass is 10.1. The molecule has 0 aliphatic heterocycles. The van der Waals surface area contributed by atoms with E-state index in [1.54, 1.807) is 50.4 Å². The zero-order valence-electron chi connectivity index (χ0n) is 14.7. The van der Waals surface area contributed by atoms with Crippen LogP contribution in [0.25, 0.3) is 0 Å². The van der Waals surface area contributed by atoms with Crippen molar-refractivity contribution in [2.75, 3.05) is 31.0 Å². The number of rotatable bonds is 8. The van der Waals surface area contributed by atoms with Gasteiger partial charge >= 0.3 is 0 Å². The number of nitrogens with one attached hydrogen (secondary N) is 2. The number of carbonyl (C=O) groups is 2. The third kappa shape index (κ3) is 5.86. The Balaban J connectivity index is 2.09. The highest BCUT2D eigenvalue weighted by Gasteiger charge is 2.14. The van der Waals surface area contributed by atoms with E-state index in [4.69, 9.17) is 9.47 Å². The summed E-state index contributed by atoms with van der Waals surface area (Å²) in [6, 6.07) is 12.2. The molecule has 0 bridgehead atoms. The summed E-state index contributed by atoms with van der Waals surface area (Å²) in [6.45, 7) is 2.57. The van der Waals surface area contributed by atoms with E-state index in [0.29, 0.717) is 42.3 Å². The molecule has 7 heteroatoms. The molecule has 0 radical (unpaired) electrons. The van der Waals surface area contributed by atoms with Crippen molar-refractivity contribution in [3.8, 4) is 5.75 Å². The molecular formula is C19H21BrN2O4. The summed E-state index contributed by atoms with van der Waals surface area (Å²) in [4.78, 5) is 24.0. The second-order valence-electron chi connectivity index (χ2n) is 5.41. The quantitative estimate of drug-likeness (QED) is 0.630. The molecule has 0 saturated carbocycles. The van der Waals surface area contributed by atoms with E-state index in [1.165, 1.54) is 0 Å². The monoisotopic (exact) mass is 420 g/mol. The van der Waals surface area contributed by atoms with Gasteiger partial charge in [0.15, 0.2) is 0 Å². The SMILES string of the molecule is CCC(=O)Nc1ccc(NC(=O)c2cc(Br)ccc2OCCOC)cc1. The number of hydrogen-bond donors (Lipinski definition) is 2. The first-order chi connectivity index (χ1) is 12.5. The fraction of sp³-hybridized carbons (Fsp3) is 0.263. The highest BCUT2D eigenvalue weighted by atomic mass is 79.9. The highest BCUT2D eigenvalue weighted by molar-refractivity contribution is 9.10. The van der Waals surface area contributed by atoms with Gasteiger partial charge in [0.2, 0.25) is 5.91 Å². The van der Waals surface area contributed by atoms with E-state index < -0.39 is 0 Å². The predicted molar refractivity (Wildman–Crippen MR) is 105 cm³/mol. The number of halogens is 1. The van der Waals surface area contributed by atoms with Crippen molar-refractivity contribution in [3.05, 3.63) is 52.5 Å². The van der Waals surface area contributed by atoms with Crippen LogP contribution in [0.2, 0.25) is 0 Å². The Bertz CT molecular complexity index is 763. The molecule has 0 atom stereocenters. The van der Waals surface area contributed by atoms with Gasteiger partial charge in [-0.05, 0) is 42.5 Å². The average Bonchev–Trinajstić information content (AvgIpc) is 2.64. The first kappa shape index (κ1) is 19.9. The Morgan fingerprint density at radius 2 is 1.65 bits per heavy atom. The number of amides is 2. The molecular weight excluding hydrogens is 400 g/mol. The Labute approximate surface area is 161 Å². The van der Waals surface area contributed by atoms with Gasteiger partial charge in [-0.3, -0.25) is 9.59 Å². The van der Waals surface area contributed by atoms with Crippen molar-refractivity contribution in [1.29, 1.82) is 0 Å². The molecule has 2 aromatic rings. The van der Waals surface area contributed by atoms with Gasteiger partial charge < -0.3 is 20.1 Å². The molecule has 0 fully saturated rings. The lowest BCUT2D eigenvalue weighted by Crippen LogP contribution is -2.15. The van der Waals surface area contributed by atoms with Crippen LogP contribution < -0.4 is 15.4 Å². The van der Waals surface area contributed by atoms with Gasteiger partial charge in [-0.2, -0.15) is 0 Å². The lowest BCUT2D eigenvalue weighted by molar-refractivity contribution is -0.115. The maximum atomic E-state index is 12.6. The van der Waals surface area contributed by atoms with E-state index in [1.807, 2.05) is 6.07 Å². The molecule has 0 aromatic heterocycles. The maximum Gasteiger partial charge on any atom is 0.259 e. The van der Waals surface area contributed by atoms with Gasteiger partial charge in [-0.25, -0.2) is 0 Å². The lowest BCUT2D eigenvalue weighted by Gasteiger charge is -2.12. The molecule has 0 spiro atoms. The molecule has 0 unspecified atom stereocenters. The average molecular weight is 421 g/mol. The number of hydrogen-bond acceptors (Lipinski definition) is 4. The zero-order valence-corrected chi connectivity index (χ0v) is 16.3. The smallest absolute Gasteiger partial charge is 0.259 e. The summed E-state index contributed by atoms with van der Waals surface area (Å²) < 4.78 is 11.4. The summed E-state index contributed by atoms with van der Waals surface area (Å²) in [5.74, 6) is 0.132. The largest absolute Gasteiger partial charge is 0.490 e. The Hall–Kier alpha value is -2.38. The standard InChI is InChI=1S/C19H21BrN2O4/c1-3-18(23)21-14-5-7-15(8-6-14)22-19(24)16-12-13(20)4-9-17(16)26-11-10-25-2/h4-9,12H,3,10-11H2,1-2H3,(H,21,23)(H,22,24). The second kappa shape index (κ2) is 9.94. The molecule has 26 heavy (non-hydrogen) atoms. The van der Waals surface area contributed by atoms with Crippen LogP contribution in [0.3, 0.4) is 0 Å². The molecule has 0 aliphatic carbocycles. The number of methoxy groups -OCH3 is 1. The minimum atomic E-state index is -0.288. The number of anilines is 2. The fourth-order valence-corrected chi connectivity index (χ4v) is 2.49. The minimum absolute atomic E-state index is 0.0613. The van der Waals surface area contributed by atoms with Gasteiger partial charge in [-0.15, -0.1) is 0 Å². The van der Waals surface area contributed by atoms with Crippen molar-refractivity contribution in [2.45, 2.75) is 13.3 Å². The van der Waals surface area contributed by atoms with Crippen LogP contribution in [0.4, 0.5) is 11.4 Å². The topological polar surface area (TPSA) is 76.7 Å². The normalized spacial score (nSPS) is 10.3. The van der Waals surface area contributed by atoms with E-state index in [9.17, 15) is 9.59 Å². The fourth-order valence-electron chi connectivity index (χ4n) is 2.13. The van der Waals surface area contributed by atoms with Crippen LogP contribution in [0.15, 0.2) is 46.9 Å². The van der Waals surface area contributed by atoms with Gasteiger partial charge in [-0.1, -0.05) is 22.9 Å². The van der Waals surface area contributed by atoms with Crippen molar-refractivity contribution in [1.82, 2.24) is 0 Å². The Kier molecular flexibility index (Phi) is 7.62. The first-order valence-electron chi connectivity index (χ1n) is 8.16. The Morgan fingerprint density at radius 3 is 2.27 bits per heavy atom. The van der Waals surface area contributed by atoms with Crippen LogP contribution >= 0.6 is 15.9 Å². The van der Waals surface area contributed by atoms with E-state index >= 15 is 0 Å². The molecule has 138 valence electrons. The highest BCUT2D eigenvalue weighted by Crippen LogP contribution is 2.25. The van der Waals surface area contributed by atoms with Crippen molar-refractivity contribution < 1.29 is 19.1 Å². The van der Waals surface area contributed by atoms with Crippen LogP contribution in [-0.4, -0.2) is 32.1 Å². The maximum absolute atomic E-state index is 12.6. The molecule has 0 heterocycles.